The van der Waals surface area contributed by atoms with E-state index in [0.29, 0.717) is 24.8 Å². The summed E-state index contributed by atoms with van der Waals surface area (Å²) in [6.07, 6.45) is -2.42. The second-order valence-corrected chi connectivity index (χ2v) is 6.11. The van der Waals surface area contributed by atoms with Crippen LogP contribution in [0.2, 0.25) is 0 Å². The Kier molecular flexibility index (Phi) is 5.61. The summed E-state index contributed by atoms with van der Waals surface area (Å²) in [6.45, 7) is 4.69. The Bertz CT molecular complexity index is 600. The molecule has 0 aromatic carbocycles. The molecule has 1 aliphatic carbocycles. The number of rotatable bonds is 5. The number of halogens is 4. The summed E-state index contributed by atoms with van der Waals surface area (Å²) in [6, 6.07) is -1.82. The maximum Gasteiger partial charge on any atom is 0.408 e. The van der Waals surface area contributed by atoms with Gasteiger partial charge in [-0.1, -0.05) is 0 Å². The molecule has 1 aliphatic rings. The summed E-state index contributed by atoms with van der Waals surface area (Å²) in [4.78, 5) is 12.2. The van der Waals surface area contributed by atoms with Crippen molar-refractivity contribution in [3.63, 3.8) is 0 Å². The van der Waals surface area contributed by atoms with Crippen molar-refractivity contribution in [1.82, 2.24) is 15.0 Å². The molecule has 2 atom stereocenters. The van der Waals surface area contributed by atoms with Gasteiger partial charge in [-0.25, -0.2) is 4.39 Å². The second kappa shape index (κ2) is 7.31. The summed E-state index contributed by atoms with van der Waals surface area (Å²) in [5, 5.41) is 5.18. The summed E-state index contributed by atoms with van der Waals surface area (Å²) < 4.78 is 51.8. The lowest BCUT2D eigenvalue weighted by molar-refractivity contribution is -0.138. The summed E-state index contributed by atoms with van der Waals surface area (Å²) >= 11 is 0. The van der Waals surface area contributed by atoms with Crippen LogP contribution in [0.3, 0.4) is 0 Å². The molecule has 1 heterocycles. The van der Waals surface area contributed by atoms with Crippen molar-refractivity contribution in [2.45, 2.75) is 64.5 Å². The molecule has 24 heavy (non-hydrogen) atoms. The van der Waals surface area contributed by atoms with Gasteiger partial charge in [-0.2, -0.15) is 28.1 Å². The molecule has 0 amide bonds. The normalized spacial score (nSPS) is 19.8. The van der Waals surface area contributed by atoms with Crippen molar-refractivity contribution >= 4 is 17.5 Å². The number of hydrogen-bond acceptors (Lipinski definition) is 5. The third-order valence-electron chi connectivity index (χ3n) is 3.49. The van der Waals surface area contributed by atoms with Crippen LogP contribution in [-0.4, -0.2) is 39.4 Å². The average Bonchev–Trinajstić information content (AvgIpc) is 2.45. The molecule has 0 saturated heterocycles. The van der Waals surface area contributed by atoms with Gasteiger partial charge >= 0.3 is 6.18 Å². The minimum absolute atomic E-state index is 0.0117. The molecule has 5 nitrogen and oxygen atoms in total. The molecular formula is C15H21F4N5. The van der Waals surface area contributed by atoms with Gasteiger partial charge in [0.15, 0.2) is 5.82 Å². The second-order valence-electron chi connectivity index (χ2n) is 6.11. The van der Waals surface area contributed by atoms with Gasteiger partial charge < -0.3 is 10.6 Å². The predicted octanol–water partition coefficient (Wildman–Crippen LogP) is 3.96. The SMILES string of the molecule is CC(C)Nc1nc(N[C@H](C)C(F)(F)F)nc(C2=CC(F)CCC2)n1. The molecule has 2 rings (SSSR count). The highest BCUT2D eigenvalue weighted by molar-refractivity contribution is 5.63. The Morgan fingerprint density at radius 1 is 1.08 bits per heavy atom. The van der Waals surface area contributed by atoms with E-state index in [2.05, 4.69) is 25.6 Å². The zero-order valence-electron chi connectivity index (χ0n) is 13.8. The van der Waals surface area contributed by atoms with Crippen LogP contribution in [0.5, 0.6) is 0 Å². The maximum atomic E-state index is 13.6. The van der Waals surface area contributed by atoms with E-state index in [1.807, 2.05) is 13.8 Å². The first-order chi connectivity index (χ1) is 11.1. The van der Waals surface area contributed by atoms with Gasteiger partial charge in [0, 0.05) is 6.04 Å². The number of nitrogens with zero attached hydrogens (tertiary/aromatic N) is 3. The first kappa shape index (κ1) is 18.4. The molecule has 1 aromatic heterocycles. The minimum atomic E-state index is -4.42. The van der Waals surface area contributed by atoms with Gasteiger partial charge in [0.1, 0.15) is 12.2 Å². The zero-order chi connectivity index (χ0) is 17.9. The molecular weight excluding hydrogens is 326 g/mol. The van der Waals surface area contributed by atoms with Gasteiger partial charge in [-0.15, -0.1) is 0 Å². The van der Waals surface area contributed by atoms with Gasteiger partial charge in [-0.3, -0.25) is 0 Å². The van der Waals surface area contributed by atoms with E-state index < -0.39 is 18.4 Å². The number of nitrogens with one attached hydrogen (secondary N) is 2. The van der Waals surface area contributed by atoms with Gasteiger partial charge in [-0.05, 0) is 51.7 Å². The van der Waals surface area contributed by atoms with Crippen LogP contribution in [0.1, 0.15) is 45.9 Å². The number of hydrogen-bond donors (Lipinski definition) is 2. The van der Waals surface area contributed by atoms with E-state index in [1.54, 1.807) is 0 Å². The average molecular weight is 347 g/mol. The fourth-order valence-electron chi connectivity index (χ4n) is 2.24. The molecule has 9 heteroatoms. The van der Waals surface area contributed by atoms with E-state index in [-0.39, 0.29) is 23.8 Å². The van der Waals surface area contributed by atoms with Crippen LogP contribution in [-0.2, 0) is 0 Å². The van der Waals surface area contributed by atoms with Crippen LogP contribution < -0.4 is 10.6 Å². The van der Waals surface area contributed by atoms with Gasteiger partial charge in [0.2, 0.25) is 11.9 Å². The number of anilines is 2. The van der Waals surface area contributed by atoms with Crippen LogP contribution in [0, 0.1) is 0 Å². The lowest BCUT2D eigenvalue weighted by atomic mass is 9.98. The highest BCUT2D eigenvalue weighted by atomic mass is 19.4. The van der Waals surface area contributed by atoms with Crippen molar-refractivity contribution in [2.75, 3.05) is 10.6 Å². The molecule has 134 valence electrons. The van der Waals surface area contributed by atoms with E-state index in [1.165, 1.54) is 6.08 Å². The van der Waals surface area contributed by atoms with Crippen molar-refractivity contribution < 1.29 is 17.6 Å². The number of allylic oxidation sites excluding steroid dienone is 2. The molecule has 0 bridgehead atoms. The van der Waals surface area contributed by atoms with E-state index in [0.717, 1.165) is 6.92 Å². The monoisotopic (exact) mass is 347 g/mol. The highest BCUT2D eigenvalue weighted by Crippen LogP contribution is 2.28. The smallest absolute Gasteiger partial charge is 0.352 e. The molecule has 0 spiro atoms. The van der Waals surface area contributed by atoms with Crippen molar-refractivity contribution in [2.24, 2.45) is 0 Å². The molecule has 1 aromatic rings. The fraction of sp³-hybridized carbons (Fsp3) is 0.667. The highest BCUT2D eigenvalue weighted by Gasteiger charge is 2.36. The van der Waals surface area contributed by atoms with Gasteiger partial charge in [0.25, 0.3) is 0 Å². The molecule has 2 N–H and O–H groups in total. The maximum absolute atomic E-state index is 13.6. The molecule has 0 fully saturated rings. The van der Waals surface area contributed by atoms with E-state index >= 15 is 0 Å². The number of alkyl halides is 4. The van der Waals surface area contributed by atoms with Crippen LogP contribution in [0.15, 0.2) is 6.08 Å². The summed E-state index contributed by atoms with van der Waals surface area (Å²) in [5.74, 6) is 0.177. The van der Waals surface area contributed by atoms with Gasteiger partial charge in [0.05, 0.1) is 0 Å². The quantitative estimate of drug-likeness (QED) is 0.790. The third-order valence-corrected chi connectivity index (χ3v) is 3.49. The standard InChI is InChI=1S/C15H21F4N5/c1-8(2)20-13-22-12(10-5-4-6-11(16)7-10)23-14(24-13)21-9(3)15(17,18)19/h7-9,11H,4-6H2,1-3H3,(H2,20,21,22,23,24)/t9-,11?/m1/s1. The largest absolute Gasteiger partial charge is 0.408 e. The Labute approximate surface area is 138 Å². The molecule has 0 radical (unpaired) electrons. The number of aromatic nitrogens is 3. The first-order valence-electron chi connectivity index (χ1n) is 7.86. The topological polar surface area (TPSA) is 62.7 Å². The van der Waals surface area contributed by atoms with Crippen molar-refractivity contribution in [1.29, 1.82) is 0 Å². The Morgan fingerprint density at radius 2 is 1.71 bits per heavy atom. The van der Waals surface area contributed by atoms with Crippen LogP contribution >= 0.6 is 0 Å². The van der Waals surface area contributed by atoms with Crippen LogP contribution in [0.4, 0.5) is 29.5 Å². The Morgan fingerprint density at radius 3 is 2.25 bits per heavy atom. The first-order valence-corrected chi connectivity index (χ1v) is 7.86. The lowest BCUT2D eigenvalue weighted by Crippen LogP contribution is -2.34. The third kappa shape index (κ3) is 5.04. The molecule has 0 saturated carbocycles. The fourth-order valence-corrected chi connectivity index (χ4v) is 2.24. The Balaban J connectivity index is 2.34. The zero-order valence-corrected chi connectivity index (χ0v) is 13.8. The van der Waals surface area contributed by atoms with E-state index in [4.69, 9.17) is 0 Å². The predicted molar refractivity (Wildman–Crippen MR) is 84.4 cm³/mol. The molecule has 0 aliphatic heterocycles. The van der Waals surface area contributed by atoms with Crippen molar-refractivity contribution in [3.05, 3.63) is 11.9 Å². The van der Waals surface area contributed by atoms with Crippen molar-refractivity contribution in [3.8, 4) is 0 Å². The Hall–Kier alpha value is -1.93. The summed E-state index contributed by atoms with van der Waals surface area (Å²) in [7, 11) is 0. The summed E-state index contributed by atoms with van der Waals surface area (Å²) in [5.41, 5.74) is 0.589. The minimum Gasteiger partial charge on any atom is -0.352 e. The molecule has 1 unspecified atom stereocenters. The van der Waals surface area contributed by atoms with E-state index in [9.17, 15) is 17.6 Å². The van der Waals surface area contributed by atoms with Crippen LogP contribution in [0.25, 0.3) is 5.57 Å². The lowest BCUT2D eigenvalue weighted by Gasteiger charge is -2.19.